The highest BCUT2D eigenvalue weighted by Crippen LogP contribution is 2.28. The van der Waals surface area contributed by atoms with E-state index in [0.29, 0.717) is 25.9 Å². The third kappa shape index (κ3) is 8.56. The van der Waals surface area contributed by atoms with Crippen molar-refractivity contribution in [1.82, 2.24) is 25.3 Å². The van der Waals surface area contributed by atoms with E-state index in [1.807, 2.05) is 106 Å². The van der Waals surface area contributed by atoms with Gasteiger partial charge in [-0.2, -0.15) is 4.98 Å². The monoisotopic (exact) mass is 704 g/mol. The lowest BCUT2D eigenvalue weighted by Gasteiger charge is -2.34. The van der Waals surface area contributed by atoms with Crippen LogP contribution in [0.2, 0.25) is 0 Å². The summed E-state index contributed by atoms with van der Waals surface area (Å²) in [6.45, 7) is 6.18. The van der Waals surface area contributed by atoms with Gasteiger partial charge in [0.15, 0.2) is 0 Å². The molecule has 0 saturated carbocycles. The number of ether oxygens (including phenoxy) is 1. The van der Waals surface area contributed by atoms with Gasteiger partial charge >= 0.3 is 6.09 Å². The molecule has 2 unspecified atom stereocenters. The van der Waals surface area contributed by atoms with Crippen LogP contribution in [-0.4, -0.2) is 75.5 Å². The van der Waals surface area contributed by atoms with Crippen LogP contribution in [0.1, 0.15) is 67.3 Å². The number of piperidine rings is 1. The number of carbonyl (C=O) groups is 4. The smallest absolute Gasteiger partial charge is 0.410 e. The molecule has 52 heavy (non-hydrogen) atoms. The molecule has 1 aliphatic rings. The first-order valence-corrected chi connectivity index (χ1v) is 17.5. The van der Waals surface area contributed by atoms with Gasteiger partial charge in [-0.25, -0.2) is 4.79 Å². The number of benzene rings is 4. The summed E-state index contributed by atoms with van der Waals surface area (Å²) < 4.78 is 11.0. The largest absolute Gasteiger partial charge is 0.444 e. The molecule has 4 amide bonds. The van der Waals surface area contributed by atoms with E-state index in [9.17, 15) is 19.2 Å². The van der Waals surface area contributed by atoms with Crippen LogP contribution in [0, 0.1) is 5.92 Å². The second-order valence-electron chi connectivity index (χ2n) is 14.4. The molecule has 0 aliphatic carbocycles. The Morgan fingerprint density at radius 3 is 1.98 bits per heavy atom. The Hall–Kier alpha value is -5.78. The van der Waals surface area contributed by atoms with Crippen molar-refractivity contribution in [2.75, 3.05) is 20.1 Å². The van der Waals surface area contributed by atoms with E-state index in [1.165, 1.54) is 4.90 Å². The lowest BCUT2D eigenvalue weighted by Crippen LogP contribution is -2.52. The Labute approximate surface area is 302 Å². The zero-order valence-corrected chi connectivity index (χ0v) is 29.9. The first-order chi connectivity index (χ1) is 24.8. The number of likely N-dealkylation sites (N-methyl/N-ethyl adjacent to an activating group) is 1. The highest BCUT2D eigenvalue weighted by molar-refractivity contribution is 5.90. The van der Waals surface area contributed by atoms with Gasteiger partial charge in [-0.15, -0.1) is 0 Å². The van der Waals surface area contributed by atoms with E-state index in [4.69, 9.17) is 15.0 Å². The van der Waals surface area contributed by atoms with E-state index in [1.54, 1.807) is 11.9 Å². The summed E-state index contributed by atoms with van der Waals surface area (Å²) in [7, 11) is 1.63. The Morgan fingerprint density at radius 1 is 0.885 bits per heavy atom. The molecule has 5 aromatic rings. The molecule has 12 heteroatoms. The molecular weight excluding hydrogens is 660 g/mol. The molecule has 2 atom stereocenters. The summed E-state index contributed by atoms with van der Waals surface area (Å²) in [6, 6.07) is 26.1. The summed E-state index contributed by atoms with van der Waals surface area (Å²) in [6.07, 6.45) is 0.957. The zero-order chi connectivity index (χ0) is 37.0. The Morgan fingerprint density at radius 2 is 1.44 bits per heavy atom. The van der Waals surface area contributed by atoms with Gasteiger partial charge in [0.25, 0.3) is 11.7 Å². The van der Waals surface area contributed by atoms with Gasteiger partial charge in [0.2, 0.25) is 17.7 Å². The van der Waals surface area contributed by atoms with Crippen molar-refractivity contribution in [3.05, 3.63) is 108 Å². The van der Waals surface area contributed by atoms with Crippen LogP contribution >= 0.6 is 0 Å². The SMILES string of the molecule is CN(C(=O)C(Cc1ccc2ccccc2c1)NC(=O)C1CCN(C(=O)OC(C)(C)C)CC1)C(Cc1ccc2ccccc2c1)c1nc(C(N)=O)no1. The number of nitrogens with two attached hydrogens (primary N) is 1. The summed E-state index contributed by atoms with van der Waals surface area (Å²) in [5.74, 6) is -2.15. The van der Waals surface area contributed by atoms with Crippen molar-refractivity contribution in [2.45, 2.75) is 64.1 Å². The van der Waals surface area contributed by atoms with Crippen LogP contribution in [-0.2, 0) is 27.2 Å². The van der Waals surface area contributed by atoms with Crippen LogP contribution in [0.3, 0.4) is 0 Å². The second kappa shape index (κ2) is 15.2. The quantitative estimate of drug-likeness (QED) is 0.190. The van der Waals surface area contributed by atoms with E-state index < -0.39 is 35.6 Å². The predicted molar refractivity (Wildman–Crippen MR) is 196 cm³/mol. The number of hydrogen-bond acceptors (Lipinski definition) is 8. The molecule has 0 bridgehead atoms. The Bertz CT molecular complexity index is 2100. The summed E-state index contributed by atoms with van der Waals surface area (Å²) >= 11 is 0. The summed E-state index contributed by atoms with van der Waals surface area (Å²) in [5.41, 5.74) is 6.59. The maximum atomic E-state index is 14.6. The second-order valence-corrected chi connectivity index (χ2v) is 14.4. The first-order valence-electron chi connectivity index (χ1n) is 17.5. The average Bonchev–Trinajstić information content (AvgIpc) is 3.63. The molecular formula is C40H44N6O6. The van der Waals surface area contributed by atoms with Gasteiger partial charge in [0, 0.05) is 38.9 Å². The third-order valence-electron chi connectivity index (χ3n) is 9.39. The first kappa shape index (κ1) is 36.0. The topological polar surface area (TPSA) is 161 Å². The minimum absolute atomic E-state index is 0.0445. The van der Waals surface area contributed by atoms with Crippen molar-refractivity contribution in [3.8, 4) is 0 Å². The van der Waals surface area contributed by atoms with Gasteiger partial charge in [0.05, 0.1) is 0 Å². The number of aromatic nitrogens is 2. The van der Waals surface area contributed by atoms with Crippen LogP contribution in [0.5, 0.6) is 0 Å². The molecule has 4 aromatic carbocycles. The average molecular weight is 705 g/mol. The third-order valence-corrected chi connectivity index (χ3v) is 9.39. The Balaban J connectivity index is 1.27. The minimum atomic E-state index is -0.958. The number of hydrogen-bond donors (Lipinski definition) is 2. The molecule has 6 rings (SSSR count). The van der Waals surface area contributed by atoms with Gasteiger partial charge in [-0.05, 0) is 66.3 Å². The molecule has 12 nitrogen and oxygen atoms in total. The summed E-state index contributed by atoms with van der Waals surface area (Å²) in [5, 5.41) is 11.0. The van der Waals surface area contributed by atoms with Crippen LogP contribution < -0.4 is 11.1 Å². The van der Waals surface area contributed by atoms with Crippen LogP contribution in [0.4, 0.5) is 4.79 Å². The number of nitrogens with zero attached hydrogens (tertiary/aromatic N) is 4. The number of fused-ring (bicyclic) bond motifs is 2. The van der Waals surface area contributed by atoms with Gasteiger partial charge < -0.3 is 30.1 Å². The maximum Gasteiger partial charge on any atom is 0.410 e. The molecule has 2 heterocycles. The molecule has 0 spiro atoms. The lowest BCUT2D eigenvalue weighted by molar-refractivity contribution is -0.139. The van der Waals surface area contributed by atoms with Crippen LogP contribution in [0.15, 0.2) is 89.5 Å². The molecule has 3 N–H and O–H groups in total. The van der Waals surface area contributed by atoms with E-state index in [-0.39, 0.29) is 36.4 Å². The van der Waals surface area contributed by atoms with Crippen molar-refractivity contribution in [2.24, 2.45) is 11.7 Å². The van der Waals surface area contributed by atoms with Crippen molar-refractivity contribution in [3.63, 3.8) is 0 Å². The number of carbonyl (C=O) groups excluding carboxylic acids is 4. The fourth-order valence-electron chi connectivity index (χ4n) is 6.59. The lowest BCUT2D eigenvalue weighted by atomic mass is 9.94. The van der Waals surface area contributed by atoms with E-state index in [2.05, 4.69) is 15.5 Å². The van der Waals surface area contributed by atoms with E-state index >= 15 is 0 Å². The molecule has 1 aliphatic heterocycles. The number of amides is 4. The number of rotatable bonds is 10. The zero-order valence-electron chi connectivity index (χ0n) is 29.9. The summed E-state index contributed by atoms with van der Waals surface area (Å²) in [4.78, 5) is 60.4. The number of nitrogens with one attached hydrogen (secondary N) is 1. The van der Waals surface area contributed by atoms with Crippen molar-refractivity contribution >= 4 is 45.4 Å². The molecule has 270 valence electrons. The van der Waals surface area contributed by atoms with E-state index in [0.717, 1.165) is 32.7 Å². The Kier molecular flexibility index (Phi) is 10.5. The fraction of sp³-hybridized carbons (Fsp3) is 0.350. The number of likely N-dealkylation sites (tertiary alicyclic amines) is 1. The van der Waals surface area contributed by atoms with Crippen molar-refractivity contribution in [1.29, 1.82) is 0 Å². The van der Waals surface area contributed by atoms with Crippen molar-refractivity contribution < 1.29 is 28.4 Å². The standard InChI is InChI=1S/C40H44N6O6/c1-40(2,3)51-39(50)46-19-17-29(18-20-46)36(48)42-32(23-25-13-15-27-9-5-7-11-30(27)21-25)38(49)45(4)33(37-43-35(34(41)47)44-52-37)24-26-14-16-28-10-6-8-12-31(28)22-26/h5-16,21-22,29,32-33H,17-20,23-24H2,1-4H3,(H2,41,47)(H,42,48). The van der Waals surface area contributed by atoms with Gasteiger partial charge in [-0.3, -0.25) is 14.4 Å². The number of primary amides is 1. The van der Waals surface area contributed by atoms with Crippen LogP contribution in [0.25, 0.3) is 21.5 Å². The molecule has 1 saturated heterocycles. The highest BCUT2D eigenvalue weighted by Gasteiger charge is 2.36. The van der Waals surface area contributed by atoms with Gasteiger partial charge in [-0.1, -0.05) is 90.1 Å². The van der Waals surface area contributed by atoms with Gasteiger partial charge in [0.1, 0.15) is 17.7 Å². The maximum absolute atomic E-state index is 14.6. The predicted octanol–water partition coefficient (Wildman–Crippen LogP) is 5.59. The highest BCUT2D eigenvalue weighted by atomic mass is 16.6. The normalized spacial score (nSPS) is 14.9. The molecule has 0 radical (unpaired) electrons. The molecule has 1 aromatic heterocycles. The fourth-order valence-corrected chi connectivity index (χ4v) is 6.59. The molecule has 1 fully saturated rings. The minimum Gasteiger partial charge on any atom is -0.444 e.